The highest BCUT2D eigenvalue weighted by Crippen LogP contribution is 2.46. The van der Waals surface area contributed by atoms with Gasteiger partial charge in [-0.25, -0.2) is 4.79 Å². The van der Waals surface area contributed by atoms with Gasteiger partial charge >= 0.3 is 5.97 Å². The van der Waals surface area contributed by atoms with Crippen LogP contribution in [0, 0.1) is 0 Å². The standard InChI is InChI=1S/C29H29Cl2N3O4/c1-33-15-21(29(35)36)20-10-9-18(14-25(20)33)34-12-3-4-19(11-13-34)37-16-22-27(32-38-28(22)17-7-8-17)26-23(30)5-2-6-24(26)31/h2,5-6,9-10,14-15,17,19H,3-4,7-8,11-13,16H2,1H3,(H,35,36). The van der Waals surface area contributed by atoms with E-state index in [4.69, 9.17) is 32.5 Å². The minimum absolute atomic E-state index is 0.105. The molecule has 2 aromatic heterocycles. The van der Waals surface area contributed by atoms with Crippen LogP contribution in [0.1, 0.15) is 59.7 Å². The first-order valence-electron chi connectivity index (χ1n) is 13.0. The molecule has 38 heavy (non-hydrogen) atoms. The smallest absolute Gasteiger partial charge is 0.337 e. The van der Waals surface area contributed by atoms with Crippen LogP contribution in [0.3, 0.4) is 0 Å². The van der Waals surface area contributed by atoms with Crippen molar-refractivity contribution in [3.05, 3.63) is 69.5 Å². The Hall–Kier alpha value is -3.00. The van der Waals surface area contributed by atoms with Crippen molar-refractivity contribution in [1.82, 2.24) is 9.72 Å². The molecule has 2 fully saturated rings. The number of carboxylic acids is 1. The highest BCUT2D eigenvalue weighted by molar-refractivity contribution is 6.39. The predicted octanol–water partition coefficient (Wildman–Crippen LogP) is 7.29. The zero-order chi connectivity index (χ0) is 26.4. The van der Waals surface area contributed by atoms with Gasteiger partial charge in [0.2, 0.25) is 0 Å². The van der Waals surface area contributed by atoms with Crippen molar-refractivity contribution in [3.8, 4) is 11.3 Å². The highest BCUT2D eigenvalue weighted by Gasteiger charge is 2.34. The zero-order valence-corrected chi connectivity index (χ0v) is 22.6. The second kappa shape index (κ2) is 10.3. The van der Waals surface area contributed by atoms with Crippen molar-refractivity contribution in [3.63, 3.8) is 0 Å². The van der Waals surface area contributed by atoms with Gasteiger partial charge < -0.3 is 23.8 Å². The molecule has 0 radical (unpaired) electrons. The van der Waals surface area contributed by atoms with E-state index in [-0.39, 0.29) is 6.10 Å². The van der Waals surface area contributed by atoms with Crippen LogP contribution < -0.4 is 4.90 Å². The van der Waals surface area contributed by atoms with E-state index in [0.29, 0.717) is 39.4 Å². The molecular formula is C29H29Cl2N3O4. The number of nitrogens with zero attached hydrogens (tertiary/aromatic N) is 3. The molecule has 2 aromatic carbocycles. The molecule has 0 bridgehead atoms. The number of halogens is 2. The summed E-state index contributed by atoms with van der Waals surface area (Å²) < 4.78 is 14.2. The van der Waals surface area contributed by atoms with Crippen LogP contribution >= 0.6 is 23.2 Å². The molecule has 0 spiro atoms. The molecule has 4 aromatic rings. The van der Waals surface area contributed by atoms with Crippen LogP contribution in [0.4, 0.5) is 5.69 Å². The number of hydrogen-bond acceptors (Lipinski definition) is 5. The van der Waals surface area contributed by atoms with E-state index in [1.165, 1.54) is 0 Å². The fraction of sp³-hybridized carbons (Fsp3) is 0.379. The van der Waals surface area contributed by atoms with Gasteiger partial charge in [0.15, 0.2) is 0 Å². The lowest BCUT2D eigenvalue weighted by atomic mass is 10.0. The number of aryl methyl sites for hydroxylation is 1. The van der Waals surface area contributed by atoms with Crippen LogP contribution in [0.25, 0.3) is 22.2 Å². The van der Waals surface area contributed by atoms with Crippen molar-refractivity contribution in [2.45, 2.75) is 50.7 Å². The summed E-state index contributed by atoms with van der Waals surface area (Å²) in [6.07, 6.45) is 6.81. The average Bonchev–Trinajstić information content (AvgIpc) is 3.63. The fourth-order valence-electron chi connectivity index (χ4n) is 5.48. The summed E-state index contributed by atoms with van der Waals surface area (Å²) in [5.41, 5.74) is 4.67. The molecule has 1 aliphatic carbocycles. The molecule has 1 saturated carbocycles. The van der Waals surface area contributed by atoms with Gasteiger partial charge in [-0.05, 0) is 62.4 Å². The third kappa shape index (κ3) is 4.79. The fourth-order valence-corrected chi connectivity index (χ4v) is 6.06. The van der Waals surface area contributed by atoms with Gasteiger partial charge in [-0.1, -0.05) is 34.4 Å². The number of benzene rings is 2. The molecule has 1 aliphatic heterocycles. The summed E-state index contributed by atoms with van der Waals surface area (Å²) in [7, 11) is 1.88. The van der Waals surface area contributed by atoms with Crippen LogP contribution in [0.5, 0.6) is 0 Å². The second-order valence-electron chi connectivity index (χ2n) is 10.3. The van der Waals surface area contributed by atoms with E-state index in [0.717, 1.165) is 73.1 Å². The highest BCUT2D eigenvalue weighted by atomic mass is 35.5. The quantitative estimate of drug-likeness (QED) is 0.258. The average molecular weight is 554 g/mol. The Kier molecular flexibility index (Phi) is 6.84. The SMILES string of the molecule is Cn1cc(C(=O)O)c2ccc(N3CCCC(OCc4c(-c5c(Cl)cccc5Cl)noc4C4CC4)CC3)cc21. The zero-order valence-electron chi connectivity index (χ0n) is 21.1. The number of carbonyl (C=O) groups is 1. The van der Waals surface area contributed by atoms with Gasteiger partial charge in [-0.15, -0.1) is 0 Å². The Bertz CT molecular complexity index is 1490. The number of ether oxygens (including phenoxy) is 1. The lowest BCUT2D eigenvalue weighted by molar-refractivity contribution is 0.0328. The van der Waals surface area contributed by atoms with Crippen LogP contribution in [0.15, 0.2) is 47.1 Å². The van der Waals surface area contributed by atoms with Crippen LogP contribution in [-0.4, -0.2) is 40.0 Å². The normalized spacial score (nSPS) is 18.2. The van der Waals surface area contributed by atoms with Crippen LogP contribution in [-0.2, 0) is 18.4 Å². The van der Waals surface area contributed by atoms with E-state index < -0.39 is 5.97 Å². The van der Waals surface area contributed by atoms with Crippen molar-refractivity contribution in [2.75, 3.05) is 18.0 Å². The maximum atomic E-state index is 11.6. The predicted molar refractivity (Wildman–Crippen MR) is 148 cm³/mol. The number of rotatable bonds is 7. The Morgan fingerprint density at radius 3 is 2.66 bits per heavy atom. The van der Waals surface area contributed by atoms with Crippen molar-refractivity contribution >= 4 is 45.8 Å². The first-order chi connectivity index (χ1) is 18.4. The third-order valence-electron chi connectivity index (χ3n) is 7.67. The number of anilines is 1. The Morgan fingerprint density at radius 2 is 1.92 bits per heavy atom. The van der Waals surface area contributed by atoms with Gasteiger partial charge in [0.1, 0.15) is 11.5 Å². The summed E-state index contributed by atoms with van der Waals surface area (Å²) in [6.45, 7) is 2.18. The van der Waals surface area contributed by atoms with Crippen molar-refractivity contribution in [2.24, 2.45) is 7.05 Å². The van der Waals surface area contributed by atoms with E-state index in [2.05, 4.69) is 16.1 Å². The molecule has 9 heteroatoms. The van der Waals surface area contributed by atoms with Crippen LogP contribution in [0.2, 0.25) is 10.0 Å². The lowest BCUT2D eigenvalue weighted by Crippen LogP contribution is -2.25. The number of hydrogen-bond donors (Lipinski definition) is 1. The first-order valence-corrected chi connectivity index (χ1v) is 13.8. The van der Waals surface area contributed by atoms with Gasteiger partial charge in [-0.3, -0.25) is 0 Å². The molecular weight excluding hydrogens is 525 g/mol. The first kappa shape index (κ1) is 25.3. The molecule has 3 heterocycles. The van der Waals surface area contributed by atoms with Gasteiger partial charge in [0.05, 0.1) is 33.8 Å². The maximum Gasteiger partial charge on any atom is 0.337 e. The molecule has 1 N–H and O–H groups in total. The summed E-state index contributed by atoms with van der Waals surface area (Å²) in [5, 5.41) is 15.7. The van der Waals surface area contributed by atoms with Crippen molar-refractivity contribution in [1.29, 1.82) is 0 Å². The lowest BCUT2D eigenvalue weighted by Gasteiger charge is -2.23. The number of aromatic carboxylic acids is 1. The molecule has 198 valence electrons. The largest absolute Gasteiger partial charge is 0.478 e. The second-order valence-corrected chi connectivity index (χ2v) is 11.1. The maximum absolute atomic E-state index is 11.6. The van der Waals surface area contributed by atoms with E-state index in [1.54, 1.807) is 6.20 Å². The van der Waals surface area contributed by atoms with E-state index >= 15 is 0 Å². The van der Waals surface area contributed by atoms with Crippen molar-refractivity contribution < 1.29 is 19.2 Å². The van der Waals surface area contributed by atoms with E-state index in [1.807, 2.05) is 41.9 Å². The van der Waals surface area contributed by atoms with E-state index in [9.17, 15) is 9.90 Å². The molecule has 7 nitrogen and oxygen atoms in total. The number of fused-ring (bicyclic) bond motifs is 1. The number of carboxylic acid groups (broad SMARTS) is 1. The molecule has 0 amide bonds. The summed E-state index contributed by atoms with van der Waals surface area (Å²) in [6, 6.07) is 11.5. The minimum atomic E-state index is -0.907. The molecule has 2 aliphatic rings. The Balaban J connectivity index is 1.17. The molecule has 6 rings (SSSR count). The van der Waals surface area contributed by atoms with Gasteiger partial charge in [0.25, 0.3) is 0 Å². The molecule has 1 saturated heterocycles. The topological polar surface area (TPSA) is 80.7 Å². The third-order valence-corrected chi connectivity index (χ3v) is 8.30. The van der Waals surface area contributed by atoms with Gasteiger partial charge in [-0.2, -0.15) is 0 Å². The molecule has 1 unspecified atom stereocenters. The molecule has 1 atom stereocenters. The summed E-state index contributed by atoms with van der Waals surface area (Å²) in [5.74, 6) is 0.369. The number of aromatic nitrogens is 2. The Labute approximate surface area is 230 Å². The summed E-state index contributed by atoms with van der Waals surface area (Å²) >= 11 is 13.0. The van der Waals surface area contributed by atoms with Gasteiger partial charge in [0, 0.05) is 54.5 Å². The Morgan fingerprint density at radius 1 is 1.13 bits per heavy atom. The summed E-state index contributed by atoms with van der Waals surface area (Å²) in [4.78, 5) is 13.9. The monoisotopic (exact) mass is 553 g/mol. The minimum Gasteiger partial charge on any atom is -0.478 e.